The van der Waals surface area contributed by atoms with Gasteiger partial charge < -0.3 is 15.4 Å². The first-order valence-corrected chi connectivity index (χ1v) is 9.10. The number of nitrogens with one attached hydrogen (secondary N) is 2. The van der Waals surface area contributed by atoms with E-state index in [1.807, 2.05) is 0 Å². The van der Waals surface area contributed by atoms with Crippen molar-refractivity contribution in [1.82, 2.24) is 15.5 Å². The van der Waals surface area contributed by atoms with Gasteiger partial charge in [-0.1, -0.05) is 6.42 Å². The molecule has 2 heterocycles. The van der Waals surface area contributed by atoms with Gasteiger partial charge in [0.25, 0.3) is 0 Å². The minimum Gasteiger partial charge on any atom is -0.376 e. The van der Waals surface area contributed by atoms with E-state index in [1.54, 1.807) is 0 Å². The average molecular weight is 438 g/mol. The van der Waals surface area contributed by atoms with Gasteiger partial charge in [-0.05, 0) is 53.0 Å². The Bertz CT molecular complexity index is 347. The third-order valence-electron chi connectivity index (χ3n) is 4.80. The van der Waals surface area contributed by atoms with Crippen LogP contribution in [0.3, 0.4) is 0 Å². The molecule has 0 radical (unpaired) electrons. The van der Waals surface area contributed by atoms with Gasteiger partial charge in [0.15, 0.2) is 5.96 Å². The number of halogens is 1. The number of nitrogens with zero attached hydrogens (tertiary/aromatic N) is 2. The van der Waals surface area contributed by atoms with E-state index in [-0.39, 0.29) is 24.0 Å². The fourth-order valence-corrected chi connectivity index (χ4v) is 3.46. The molecule has 6 heteroatoms. The molecule has 0 bridgehead atoms. The summed E-state index contributed by atoms with van der Waals surface area (Å²) in [5.74, 6) is 0.925. The molecule has 2 fully saturated rings. The average Bonchev–Trinajstić information content (AvgIpc) is 3.03. The molecule has 0 saturated carbocycles. The molecule has 23 heavy (non-hydrogen) atoms. The predicted molar refractivity (Wildman–Crippen MR) is 108 cm³/mol. The largest absolute Gasteiger partial charge is 0.376 e. The molecule has 0 aromatic rings. The number of hydrogen-bond acceptors (Lipinski definition) is 3. The second-order valence-electron chi connectivity index (χ2n) is 6.67. The molecule has 0 spiro atoms. The molecule has 2 aliphatic rings. The number of piperidine rings is 1. The van der Waals surface area contributed by atoms with Crippen molar-refractivity contribution in [1.29, 1.82) is 0 Å². The zero-order chi connectivity index (χ0) is 15.8. The van der Waals surface area contributed by atoms with Crippen LogP contribution in [0.4, 0.5) is 0 Å². The molecule has 2 saturated heterocycles. The van der Waals surface area contributed by atoms with E-state index in [1.165, 1.54) is 32.2 Å². The molecule has 2 aliphatic heterocycles. The molecule has 3 atom stereocenters. The number of rotatable bonds is 6. The Kier molecular flexibility index (Phi) is 10.5. The van der Waals surface area contributed by atoms with Gasteiger partial charge in [-0.2, -0.15) is 0 Å². The van der Waals surface area contributed by atoms with Gasteiger partial charge in [0.05, 0.1) is 12.6 Å². The van der Waals surface area contributed by atoms with E-state index in [2.05, 4.69) is 36.3 Å². The molecule has 0 aromatic heterocycles. The molecule has 3 unspecified atom stereocenters. The monoisotopic (exact) mass is 438 g/mol. The van der Waals surface area contributed by atoms with Crippen LogP contribution in [-0.4, -0.2) is 61.8 Å². The fourth-order valence-electron chi connectivity index (χ4n) is 3.46. The van der Waals surface area contributed by atoms with Gasteiger partial charge in [0.1, 0.15) is 0 Å². The van der Waals surface area contributed by atoms with Crippen molar-refractivity contribution in [3.05, 3.63) is 0 Å². The Balaban J connectivity index is 0.00000264. The van der Waals surface area contributed by atoms with Crippen LogP contribution in [0.15, 0.2) is 4.99 Å². The highest BCUT2D eigenvalue weighted by molar-refractivity contribution is 14.0. The van der Waals surface area contributed by atoms with E-state index < -0.39 is 0 Å². The molecule has 0 aliphatic carbocycles. The summed E-state index contributed by atoms with van der Waals surface area (Å²) in [5, 5.41) is 6.77. The van der Waals surface area contributed by atoms with E-state index in [0.717, 1.165) is 38.6 Å². The highest BCUT2D eigenvalue weighted by Gasteiger charge is 2.23. The van der Waals surface area contributed by atoms with Crippen molar-refractivity contribution in [2.45, 2.75) is 71.1 Å². The van der Waals surface area contributed by atoms with Crippen LogP contribution >= 0.6 is 24.0 Å². The smallest absolute Gasteiger partial charge is 0.191 e. The SMILES string of the molecule is CCNC(=NCC(C)N1CCCCC1C)NCC1CCCO1.I. The highest BCUT2D eigenvalue weighted by atomic mass is 127. The summed E-state index contributed by atoms with van der Waals surface area (Å²) in [4.78, 5) is 7.39. The normalized spacial score (nSPS) is 27.3. The summed E-state index contributed by atoms with van der Waals surface area (Å²) in [6.45, 7) is 11.5. The van der Waals surface area contributed by atoms with Gasteiger partial charge >= 0.3 is 0 Å². The molecule has 0 aromatic carbocycles. The summed E-state index contributed by atoms with van der Waals surface area (Å²) >= 11 is 0. The number of aliphatic imine (C=N–C) groups is 1. The van der Waals surface area contributed by atoms with Gasteiger partial charge in [-0.15, -0.1) is 24.0 Å². The molecule has 2 rings (SSSR count). The van der Waals surface area contributed by atoms with Crippen molar-refractivity contribution in [3.63, 3.8) is 0 Å². The third kappa shape index (κ3) is 7.13. The minimum absolute atomic E-state index is 0. The van der Waals surface area contributed by atoms with Crippen LogP contribution in [0.1, 0.15) is 52.9 Å². The number of likely N-dealkylation sites (tertiary alicyclic amines) is 1. The van der Waals surface area contributed by atoms with Crippen molar-refractivity contribution in [2.24, 2.45) is 4.99 Å². The molecular weight excluding hydrogens is 403 g/mol. The summed E-state index contributed by atoms with van der Waals surface area (Å²) in [5.41, 5.74) is 0. The minimum atomic E-state index is 0. The van der Waals surface area contributed by atoms with Gasteiger partial charge in [0.2, 0.25) is 0 Å². The first-order valence-electron chi connectivity index (χ1n) is 9.10. The summed E-state index contributed by atoms with van der Waals surface area (Å²) in [6, 6.07) is 1.20. The molecule has 5 nitrogen and oxygen atoms in total. The summed E-state index contributed by atoms with van der Waals surface area (Å²) in [7, 11) is 0. The maximum Gasteiger partial charge on any atom is 0.191 e. The summed E-state index contributed by atoms with van der Waals surface area (Å²) < 4.78 is 5.66. The van der Waals surface area contributed by atoms with Gasteiger partial charge in [-0.3, -0.25) is 9.89 Å². The predicted octanol–water partition coefficient (Wildman–Crippen LogP) is 2.60. The Morgan fingerprint density at radius 2 is 2.09 bits per heavy atom. The molecular formula is C17H35IN4O. The molecule has 0 amide bonds. The van der Waals surface area contributed by atoms with Gasteiger partial charge in [0, 0.05) is 31.8 Å². The Morgan fingerprint density at radius 1 is 1.26 bits per heavy atom. The van der Waals surface area contributed by atoms with Crippen LogP contribution in [0.2, 0.25) is 0 Å². The first-order chi connectivity index (χ1) is 10.7. The lowest BCUT2D eigenvalue weighted by atomic mass is 10.0. The standard InChI is InChI=1S/C17H34N4O.HI/c1-4-18-17(20-13-16-9-7-11-22-16)19-12-15(3)21-10-6-5-8-14(21)2;/h14-16H,4-13H2,1-3H3,(H2,18,19,20);1H. The molecule has 136 valence electrons. The number of ether oxygens (including phenoxy) is 1. The van der Waals surface area contributed by atoms with E-state index in [0.29, 0.717) is 18.2 Å². The zero-order valence-electron chi connectivity index (χ0n) is 15.0. The van der Waals surface area contributed by atoms with Crippen LogP contribution < -0.4 is 10.6 Å². The van der Waals surface area contributed by atoms with Crippen molar-refractivity contribution in [2.75, 3.05) is 32.8 Å². The van der Waals surface area contributed by atoms with Crippen molar-refractivity contribution >= 4 is 29.9 Å². The third-order valence-corrected chi connectivity index (χ3v) is 4.80. The summed E-state index contributed by atoms with van der Waals surface area (Å²) in [6.07, 6.45) is 6.72. The maximum atomic E-state index is 5.66. The lowest BCUT2D eigenvalue weighted by Crippen LogP contribution is -2.46. The van der Waals surface area contributed by atoms with E-state index >= 15 is 0 Å². The quantitative estimate of drug-likeness (QED) is 0.380. The van der Waals surface area contributed by atoms with E-state index in [9.17, 15) is 0 Å². The topological polar surface area (TPSA) is 48.9 Å². The maximum absolute atomic E-state index is 5.66. The van der Waals surface area contributed by atoms with E-state index in [4.69, 9.17) is 9.73 Å². The fraction of sp³-hybridized carbons (Fsp3) is 0.941. The Labute approximate surface area is 159 Å². The second-order valence-corrected chi connectivity index (χ2v) is 6.67. The highest BCUT2D eigenvalue weighted by Crippen LogP contribution is 2.19. The van der Waals surface area contributed by atoms with Crippen LogP contribution in [0.25, 0.3) is 0 Å². The van der Waals surface area contributed by atoms with Gasteiger partial charge in [-0.25, -0.2) is 0 Å². The number of guanidine groups is 1. The Hall–Kier alpha value is -0.0800. The lowest BCUT2D eigenvalue weighted by Gasteiger charge is -2.37. The zero-order valence-corrected chi connectivity index (χ0v) is 17.3. The first kappa shape index (κ1) is 21.0. The van der Waals surface area contributed by atoms with Crippen LogP contribution in [0.5, 0.6) is 0 Å². The van der Waals surface area contributed by atoms with Crippen LogP contribution in [0, 0.1) is 0 Å². The molecule has 2 N–H and O–H groups in total. The van der Waals surface area contributed by atoms with Crippen LogP contribution in [-0.2, 0) is 4.74 Å². The second kappa shape index (κ2) is 11.5. The van der Waals surface area contributed by atoms with Crippen molar-refractivity contribution in [3.8, 4) is 0 Å². The number of hydrogen-bond donors (Lipinski definition) is 2. The lowest BCUT2D eigenvalue weighted by molar-refractivity contribution is 0.113. The van der Waals surface area contributed by atoms with Crippen molar-refractivity contribution < 1.29 is 4.74 Å². The Morgan fingerprint density at radius 3 is 2.74 bits per heavy atom.